The van der Waals surface area contributed by atoms with E-state index >= 15 is 0 Å². The van der Waals surface area contributed by atoms with Gasteiger partial charge in [0.2, 0.25) is 0 Å². The van der Waals surface area contributed by atoms with Crippen LogP contribution in [-0.2, 0) is 4.79 Å². The quantitative estimate of drug-likeness (QED) is 0.748. The van der Waals surface area contributed by atoms with Gasteiger partial charge in [-0.1, -0.05) is 0 Å². The maximum Gasteiger partial charge on any atom is 0.175 e. The molecule has 1 unspecified atom stereocenters. The summed E-state index contributed by atoms with van der Waals surface area (Å²) >= 11 is 0. The Morgan fingerprint density at radius 1 is 1.10 bits per heavy atom. The van der Waals surface area contributed by atoms with Crippen molar-refractivity contribution in [1.29, 1.82) is 0 Å². The Balaban J connectivity index is 1.11. The highest BCUT2D eigenvalue weighted by molar-refractivity contribution is 6.03. The van der Waals surface area contributed by atoms with Gasteiger partial charge >= 0.3 is 0 Å². The average molecular weight is 425 g/mol. The molecule has 2 saturated heterocycles. The van der Waals surface area contributed by atoms with Crippen LogP contribution in [0.5, 0.6) is 0 Å². The van der Waals surface area contributed by atoms with Crippen LogP contribution in [0.25, 0.3) is 5.82 Å². The lowest BCUT2D eigenvalue weighted by Gasteiger charge is -2.49. The highest BCUT2D eigenvalue weighted by Crippen LogP contribution is 2.43. The molecule has 5 rings (SSSR count). The summed E-state index contributed by atoms with van der Waals surface area (Å²) in [7, 11) is 0. The van der Waals surface area contributed by atoms with Crippen LogP contribution >= 0.6 is 0 Å². The van der Waals surface area contributed by atoms with Gasteiger partial charge in [0.25, 0.3) is 0 Å². The Labute approximate surface area is 181 Å². The number of aromatic nitrogens is 6. The van der Waals surface area contributed by atoms with E-state index in [-0.39, 0.29) is 0 Å². The van der Waals surface area contributed by atoms with Crippen molar-refractivity contribution in [2.75, 3.05) is 32.7 Å². The number of hydrogen-bond acceptors (Lipinski definition) is 9. The van der Waals surface area contributed by atoms with Crippen LogP contribution in [0.3, 0.4) is 0 Å². The zero-order valence-electron chi connectivity index (χ0n) is 17.8. The van der Waals surface area contributed by atoms with E-state index in [0.29, 0.717) is 35.7 Å². The van der Waals surface area contributed by atoms with Gasteiger partial charge in [-0.2, -0.15) is 4.68 Å². The highest BCUT2D eigenvalue weighted by Gasteiger charge is 2.39. The molecule has 2 aliphatic heterocycles. The predicted octanol–water partition coefficient (Wildman–Crippen LogP) is 0.910. The van der Waals surface area contributed by atoms with Gasteiger partial charge in [-0.25, -0.2) is 4.98 Å². The van der Waals surface area contributed by atoms with Crippen LogP contribution in [0.2, 0.25) is 0 Å². The minimum Gasteiger partial charge on any atom is -0.385 e. The minimum absolute atomic E-state index is 0.303. The fourth-order valence-corrected chi connectivity index (χ4v) is 5.01. The van der Waals surface area contributed by atoms with E-state index in [2.05, 4.69) is 35.3 Å². The monoisotopic (exact) mass is 424 g/mol. The topological polar surface area (TPSA) is 113 Å². The van der Waals surface area contributed by atoms with E-state index in [1.807, 2.05) is 6.92 Å². The lowest BCUT2D eigenvalue weighted by molar-refractivity contribution is -0.117. The van der Waals surface area contributed by atoms with E-state index in [4.69, 9.17) is 0 Å². The van der Waals surface area contributed by atoms with Crippen molar-refractivity contribution in [3.05, 3.63) is 35.7 Å². The molecule has 1 aliphatic carbocycles. The van der Waals surface area contributed by atoms with E-state index in [9.17, 15) is 9.90 Å². The number of carbonyl (C=O) groups excluding carboxylic acids is 1. The average Bonchev–Trinajstić information content (AvgIpc) is 3.35. The molecule has 3 aliphatic rings. The lowest BCUT2D eigenvalue weighted by Crippen LogP contribution is -2.48. The lowest BCUT2D eigenvalue weighted by atomic mass is 9.70. The molecule has 10 heteroatoms. The summed E-state index contributed by atoms with van der Waals surface area (Å²) in [6.45, 7) is 6.63. The summed E-state index contributed by atoms with van der Waals surface area (Å²) in [5, 5.41) is 21.6. The summed E-state index contributed by atoms with van der Waals surface area (Å²) in [4.78, 5) is 24.9. The molecule has 0 aromatic carbocycles. The van der Waals surface area contributed by atoms with Gasteiger partial charge in [0.1, 0.15) is 12.4 Å². The molecule has 2 fully saturated rings. The number of carbonyl (C=O) groups is 1. The fourth-order valence-electron chi connectivity index (χ4n) is 5.01. The minimum atomic E-state index is -0.669. The number of allylic oxidation sites excluding steroid dienone is 2. The third-order valence-corrected chi connectivity index (χ3v) is 7.32. The fraction of sp³-hybridized carbons (Fsp3) is 0.619. The summed E-state index contributed by atoms with van der Waals surface area (Å²) in [6, 6.07) is 0. The molecule has 1 atom stereocenters. The van der Waals surface area contributed by atoms with Crippen molar-refractivity contribution in [1.82, 2.24) is 40.0 Å². The van der Waals surface area contributed by atoms with Gasteiger partial charge in [-0.15, -0.1) is 5.10 Å². The molecule has 31 heavy (non-hydrogen) atoms. The first kappa shape index (κ1) is 20.2. The van der Waals surface area contributed by atoms with Crippen LogP contribution in [0, 0.1) is 5.41 Å². The molecule has 4 heterocycles. The predicted molar refractivity (Wildman–Crippen MR) is 111 cm³/mol. The van der Waals surface area contributed by atoms with Gasteiger partial charge in [-0.3, -0.25) is 9.78 Å². The summed E-state index contributed by atoms with van der Waals surface area (Å²) in [5.74, 6) is 0.821. The first-order valence-electron chi connectivity index (χ1n) is 11.0. The summed E-state index contributed by atoms with van der Waals surface area (Å²) in [5.41, 5.74) is 3.21. The Bertz CT molecular complexity index is 954. The second-order valence-electron chi connectivity index (χ2n) is 9.03. The van der Waals surface area contributed by atoms with E-state index in [1.54, 1.807) is 12.4 Å². The molecule has 2 aromatic rings. The van der Waals surface area contributed by atoms with Gasteiger partial charge in [0.05, 0.1) is 24.5 Å². The van der Waals surface area contributed by atoms with Gasteiger partial charge < -0.3 is 14.9 Å². The van der Waals surface area contributed by atoms with Gasteiger partial charge in [0.15, 0.2) is 11.6 Å². The number of hydrogen-bond donors (Lipinski definition) is 1. The standard InChI is InChI=1S/C21H28N8O2/c1-15-17(10-18(15)30)28-8-4-21(5-9-28)2-6-27(7-3-21)13-19(31)16-11-23-20(12-22-16)29-14-24-25-26-29/h11-12,14,19,31H,2-10,13H2,1H3. The van der Waals surface area contributed by atoms with Crippen LogP contribution in [0.4, 0.5) is 0 Å². The third-order valence-electron chi connectivity index (χ3n) is 7.32. The Kier molecular flexibility index (Phi) is 5.27. The number of rotatable bonds is 5. The van der Waals surface area contributed by atoms with E-state index in [1.165, 1.54) is 29.5 Å². The SMILES string of the molecule is CC1=C(N2CCC3(CCN(CC(O)c4cnc(-n5cnnn5)cn4)CC3)CC2)CC1=O. The zero-order chi connectivity index (χ0) is 21.4. The second kappa shape index (κ2) is 8.08. The number of β-amino-alcohol motifs (C(OH)–C–C–N with tert-alkyl or cyclic N) is 1. The number of tetrazole rings is 1. The van der Waals surface area contributed by atoms with Crippen molar-refractivity contribution in [3.8, 4) is 5.82 Å². The number of aliphatic hydroxyl groups is 1. The van der Waals surface area contributed by atoms with Crippen LogP contribution < -0.4 is 0 Å². The normalized spacial score (nSPS) is 22.6. The molecule has 0 amide bonds. The van der Waals surface area contributed by atoms with E-state index in [0.717, 1.165) is 44.6 Å². The highest BCUT2D eigenvalue weighted by atomic mass is 16.3. The van der Waals surface area contributed by atoms with Crippen LogP contribution in [-0.4, -0.2) is 83.6 Å². The van der Waals surface area contributed by atoms with Crippen molar-refractivity contribution in [2.45, 2.75) is 45.1 Å². The van der Waals surface area contributed by atoms with Crippen molar-refractivity contribution in [3.63, 3.8) is 0 Å². The Hall–Kier alpha value is -2.72. The Morgan fingerprint density at radius 3 is 2.42 bits per heavy atom. The second-order valence-corrected chi connectivity index (χ2v) is 9.03. The van der Waals surface area contributed by atoms with Crippen molar-refractivity contribution < 1.29 is 9.90 Å². The zero-order valence-corrected chi connectivity index (χ0v) is 17.8. The molecular formula is C21H28N8O2. The number of ketones is 1. The third kappa shape index (κ3) is 3.97. The van der Waals surface area contributed by atoms with E-state index < -0.39 is 6.10 Å². The molecule has 10 nitrogen and oxygen atoms in total. The van der Waals surface area contributed by atoms with Crippen LogP contribution in [0.15, 0.2) is 30.0 Å². The van der Waals surface area contributed by atoms with Gasteiger partial charge in [0, 0.05) is 30.9 Å². The summed E-state index contributed by atoms with van der Waals surface area (Å²) in [6.07, 6.45) is 9.28. The number of Topliss-reactive ketones (excluding diaryl/α,β-unsaturated/α-hetero) is 1. The smallest absolute Gasteiger partial charge is 0.175 e. The molecule has 0 bridgehead atoms. The van der Waals surface area contributed by atoms with Crippen LogP contribution in [0.1, 0.15) is 50.8 Å². The van der Waals surface area contributed by atoms with Crippen molar-refractivity contribution in [2.24, 2.45) is 5.41 Å². The molecule has 1 N–H and O–H groups in total. The number of aliphatic hydroxyl groups excluding tert-OH is 1. The number of piperidine rings is 2. The largest absolute Gasteiger partial charge is 0.385 e. The number of nitrogens with zero attached hydrogens (tertiary/aromatic N) is 8. The molecule has 164 valence electrons. The number of likely N-dealkylation sites (tertiary alicyclic amines) is 2. The molecular weight excluding hydrogens is 396 g/mol. The maximum atomic E-state index is 11.5. The molecule has 1 spiro atoms. The van der Waals surface area contributed by atoms with Crippen molar-refractivity contribution >= 4 is 5.78 Å². The molecule has 2 aromatic heterocycles. The molecule has 0 saturated carbocycles. The Morgan fingerprint density at radius 2 is 1.84 bits per heavy atom. The molecule has 0 radical (unpaired) electrons. The maximum absolute atomic E-state index is 11.5. The van der Waals surface area contributed by atoms with Gasteiger partial charge in [-0.05, 0) is 61.5 Å². The summed E-state index contributed by atoms with van der Waals surface area (Å²) < 4.78 is 1.43. The first-order chi connectivity index (χ1) is 15.0. The first-order valence-corrected chi connectivity index (χ1v) is 11.0.